The molecule has 1 aliphatic rings. The lowest BCUT2D eigenvalue weighted by Gasteiger charge is -2.26. The van der Waals surface area contributed by atoms with Crippen LogP contribution in [0.4, 0.5) is 0 Å². The summed E-state index contributed by atoms with van der Waals surface area (Å²) in [6.45, 7) is 3.75. The van der Waals surface area contributed by atoms with Crippen molar-refractivity contribution in [3.05, 3.63) is 33.3 Å². The summed E-state index contributed by atoms with van der Waals surface area (Å²) in [5.74, 6) is 0. The molecule has 0 spiro atoms. The summed E-state index contributed by atoms with van der Waals surface area (Å²) in [6.07, 6.45) is 1.06. The molecule has 1 saturated heterocycles. The van der Waals surface area contributed by atoms with Crippen molar-refractivity contribution in [1.82, 2.24) is 10.2 Å². The van der Waals surface area contributed by atoms with Crippen molar-refractivity contribution in [2.45, 2.75) is 12.5 Å². The molecule has 0 aromatic heterocycles. The number of nitrogens with zero attached hydrogens (tertiary/aromatic N) is 2. The fraction of sp³-hybridized carbons (Fsp3) is 0.462. The number of benzene rings is 1. The summed E-state index contributed by atoms with van der Waals surface area (Å²) in [7, 11) is 0. The van der Waals surface area contributed by atoms with Crippen molar-refractivity contribution in [3.8, 4) is 6.07 Å². The molecule has 0 radical (unpaired) electrons. The van der Waals surface area contributed by atoms with E-state index in [1.54, 1.807) is 0 Å². The van der Waals surface area contributed by atoms with Crippen LogP contribution in [0.5, 0.6) is 0 Å². The molecule has 96 valence electrons. The highest BCUT2D eigenvalue weighted by Crippen LogP contribution is 2.29. The maximum Gasteiger partial charge on any atom is 0.125 e. The number of nitrogens with one attached hydrogen (secondary N) is 1. The number of halogens is 2. The van der Waals surface area contributed by atoms with Gasteiger partial charge in [-0.05, 0) is 25.1 Å². The summed E-state index contributed by atoms with van der Waals surface area (Å²) >= 11 is 9.62. The van der Waals surface area contributed by atoms with Crippen molar-refractivity contribution >= 4 is 27.5 Å². The SMILES string of the molecule is N#CC(c1ccc(Br)cc1Cl)N1CCCNCC1. The quantitative estimate of drug-likeness (QED) is 0.907. The van der Waals surface area contributed by atoms with E-state index in [0.29, 0.717) is 5.02 Å². The molecular formula is C13H15BrClN3. The van der Waals surface area contributed by atoms with Crippen LogP contribution in [0, 0.1) is 11.3 Å². The van der Waals surface area contributed by atoms with Gasteiger partial charge >= 0.3 is 0 Å². The average molecular weight is 329 g/mol. The predicted molar refractivity (Wildman–Crippen MR) is 76.6 cm³/mol. The average Bonchev–Trinajstić information content (AvgIpc) is 2.62. The first kappa shape index (κ1) is 13.8. The second-order valence-corrected chi connectivity index (χ2v) is 5.66. The van der Waals surface area contributed by atoms with Crippen LogP contribution < -0.4 is 5.32 Å². The number of rotatable bonds is 2. The van der Waals surface area contributed by atoms with Crippen molar-refractivity contribution in [2.75, 3.05) is 26.2 Å². The van der Waals surface area contributed by atoms with Gasteiger partial charge in [-0.25, -0.2) is 0 Å². The van der Waals surface area contributed by atoms with Gasteiger partial charge in [0.2, 0.25) is 0 Å². The lowest BCUT2D eigenvalue weighted by molar-refractivity contribution is 0.252. The molecule has 1 unspecified atom stereocenters. The molecule has 3 nitrogen and oxygen atoms in total. The first-order valence-corrected chi connectivity index (χ1v) is 7.19. The molecule has 1 atom stereocenters. The van der Waals surface area contributed by atoms with Crippen molar-refractivity contribution in [1.29, 1.82) is 5.26 Å². The maximum absolute atomic E-state index is 9.43. The molecule has 5 heteroatoms. The summed E-state index contributed by atoms with van der Waals surface area (Å²) in [5, 5.41) is 13.4. The van der Waals surface area contributed by atoms with Gasteiger partial charge in [0.05, 0.1) is 6.07 Å². The Hall–Kier alpha value is -0.600. The van der Waals surface area contributed by atoms with Crippen LogP contribution in [0.2, 0.25) is 5.02 Å². The Labute approximate surface area is 121 Å². The minimum atomic E-state index is -0.259. The Morgan fingerprint density at radius 1 is 1.39 bits per heavy atom. The summed E-state index contributed by atoms with van der Waals surface area (Å²) in [6, 6.07) is 7.82. The predicted octanol–water partition coefficient (Wildman–Crippen LogP) is 2.96. The molecular weight excluding hydrogens is 314 g/mol. The molecule has 1 aromatic carbocycles. The fourth-order valence-corrected chi connectivity index (χ4v) is 2.97. The van der Waals surface area contributed by atoms with E-state index in [0.717, 1.165) is 42.6 Å². The fourth-order valence-electron chi connectivity index (χ4n) is 2.20. The van der Waals surface area contributed by atoms with Gasteiger partial charge in [-0.1, -0.05) is 33.6 Å². The molecule has 0 amide bonds. The first-order chi connectivity index (χ1) is 8.72. The van der Waals surface area contributed by atoms with Crippen LogP contribution in [-0.2, 0) is 0 Å². The zero-order chi connectivity index (χ0) is 13.0. The van der Waals surface area contributed by atoms with Gasteiger partial charge in [0.25, 0.3) is 0 Å². The lowest BCUT2D eigenvalue weighted by Crippen LogP contribution is -2.31. The number of hydrogen-bond acceptors (Lipinski definition) is 3. The molecule has 1 aliphatic heterocycles. The number of hydrogen-bond donors (Lipinski definition) is 1. The van der Waals surface area contributed by atoms with Crippen molar-refractivity contribution in [2.24, 2.45) is 0 Å². The Morgan fingerprint density at radius 2 is 2.22 bits per heavy atom. The van der Waals surface area contributed by atoms with Crippen LogP contribution in [0.1, 0.15) is 18.0 Å². The normalized spacial score (nSPS) is 18.9. The summed E-state index contributed by atoms with van der Waals surface area (Å²) < 4.78 is 0.936. The second kappa shape index (κ2) is 6.53. The van der Waals surface area contributed by atoms with Crippen molar-refractivity contribution in [3.63, 3.8) is 0 Å². The molecule has 0 bridgehead atoms. The highest BCUT2D eigenvalue weighted by atomic mass is 79.9. The zero-order valence-corrected chi connectivity index (χ0v) is 12.3. The Kier molecular flexibility index (Phi) is 5.02. The van der Waals surface area contributed by atoms with E-state index in [4.69, 9.17) is 11.6 Å². The van der Waals surface area contributed by atoms with Crippen LogP contribution in [0.3, 0.4) is 0 Å². The third-order valence-corrected chi connectivity index (χ3v) is 3.94. The molecule has 2 rings (SSSR count). The van der Waals surface area contributed by atoms with E-state index >= 15 is 0 Å². The van der Waals surface area contributed by atoms with Crippen LogP contribution in [-0.4, -0.2) is 31.1 Å². The molecule has 1 heterocycles. The van der Waals surface area contributed by atoms with Gasteiger partial charge in [0.15, 0.2) is 0 Å². The molecule has 1 N–H and O–H groups in total. The molecule has 0 aliphatic carbocycles. The van der Waals surface area contributed by atoms with E-state index < -0.39 is 0 Å². The molecule has 0 saturated carbocycles. The zero-order valence-electron chi connectivity index (χ0n) is 10.00. The maximum atomic E-state index is 9.43. The van der Waals surface area contributed by atoms with E-state index in [1.807, 2.05) is 18.2 Å². The monoisotopic (exact) mass is 327 g/mol. The van der Waals surface area contributed by atoms with Gasteiger partial charge in [-0.2, -0.15) is 5.26 Å². The molecule has 1 aromatic rings. The highest BCUT2D eigenvalue weighted by Gasteiger charge is 2.22. The Morgan fingerprint density at radius 3 is 2.94 bits per heavy atom. The van der Waals surface area contributed by atoms with Crippen LogP contribution in [0.25, 0.3) is 0 Å². The van der Waals surface area contributed by atoms with Crippen LogP contribution >= 0.6 is 27.5 Å². The molecule has 18 heavy (non-hydrogen) atoms. The van der Waals surface area contributed by atoms with Gasteiger partial charge < -0.3 is 5.32 Å². The van der Waals surface area contributed by atoms with E-state index in [9.17, 15) is 5.26 Å². The number of nitriles is 1. The Balaban J connectivity index is 2.24. The van der Waals surface area contributed by atoms with Crippen LogP contribution in [0.15, 0.2) is 22.7 Å². The first-order valence-electron chi connectivity index (χ1n) is 6.01. The third-order valence-electron chi connectivity index (χ3n) is 3.12. The second-order valence-electron chi connectivity index (χ2n) is 4.34. The third kappa shape index (κ3) is 3.24. The van der Waals surface area contributed by atoms with Gasteiger partial charge in [0, 0.05) is 34.7 Å². The standard InChI is InChI=1S/C13H15BrClN3/c14-10-2-3-11(12(15)8-10)13(9-16)18-6-1-4-17-5-7-18/h2-3,8,13,17H,1,4-7H2. The minimum absolute atomic E-state index is 0.259. The largest absolute Gasteiger partial charge is 0.315 e. The van der Waals surface area contributed by atoms with Gasteiger partial charge in [-0.3, -0.25) is 4.90 Å². The van der Waals surface area contributed by atoms with E-state index in [1.165, 1.54) is 0 Å². The van der Waals surface area contributed by atoms with Gasteiger partial charge in [-0.15, -0.1) is 0 Å². The summed E-state index contributed by atoms with van der Waals surface area (Å²) in [4.78, 5) is 2.19. The minimum Gasteiger partial charge on any atom is -0.315 e. The van der Waals surface area contributed by atoms with Gasteiger partial charge in [0.1, 0.15) is 6.04 Å². The lowest BCUT2D eigenvalue weighted by atomic mass is 10.1. The van der Waals surface area contributed by atoms with E-state index in [2.05, 4.69) is 32.2 Å². The topological polar surface area (TPSA) is 39.1 Å². The van der Waals surface area contributed by atoms with Crippen molar-refractivity contribution < 1.29 is 0 Å². The smallest absolute Gasteiger partial charge is 0.125 e. The van der Waals surface area contributed by atoms with E-state index in [-0.39, 0.29) is 6.04 Å². The molecule has 1 fully saturated rings. The highest BCUT2D eigenvalue weighted by molar-refractivity contribution is 9.10. The Bertz CT molecular complexity index is 450. The summed E-state index contributed by atoms with van der Waals surface area (Å²) in [5.41, 5.74) is 0.893.